The first kappa shape index (κ1) is 23.8. The molecule has 1 N–H and O–H groups in total. The summed E-state index contributed by atoms with van der Waals surface area (Å²) in [5, 5.41) is 3.37. The highest BCUT2D eigenvalue weighted by Crippen LogP contribution is 2.30. The van der Waals surface area contributed by atoms with Crippen LogP contribution in [0.5, 0.6) is 5.75 Å². The predicted molar refractivity (Wildman–Crippen MR) is 132 cm³/mol. The van der Waals surface area contributed by atoms with Crippen molar-refractivity contribution in [2.45, 2.75) is 38.1 Å². The van der Waals surface area contributed by atoms with E-state index in [4.69, 9.17) is 4.74 Å². The number of rotatable bonds is 5. The molecule has 0 fully saturated rings. The van der Waals surface area contributed by atoms with Crippen LogP contribution in [0.25, 0.3) is 22.2 Å². The van der Waals surface area contributed by atoms with E-state index < -0.39 is 21.3 Å². The number of aryl methyl sites for hydroxylation is 1. The summed E-state index contributed by atoms with van der Waals surface area (Å²) < 4.78 is 33.4. The van der Waals surface area contributed by atoms with Crippen molar-refractivity contribution in [3.63, 3.8) is 0 Å². The molecule has 176 valence electrons. The van der Waals surface area contributed by atoms with E-state index >= 15 is 0 Å². The maximum absolute atomic E-state index is 13.1. The topological polar surface area (TPSA) is 111 Å². The number of ether oxygens (including phenoxy) is 1. The van der Waals surface area contributed by atoms with Gasteiger partial charge in [-0.15, -0.1) is 11.3 Å². The van der Waals surface area contributed by atoms with Gasteiger partial charge in [-0.25, -0.2) is 19.7 Å². The summed E-state index contributed by atoms with van der Waals surface area (Å²) in [5.41, 5.74) is 2.39. The number of aromatic nitrogens is 3. The van der Waals surface area contributed by atoms with Gasteiger partial charge in [0.1, 0.15) is 5.69 Å². The van der Waals surface area contributed by atoms with Gasteiger partial charge in [0, 0.05) is 27.4 Å². The number of benzene rings is 1. The number of nitrogens with zero attached hydrogens (tertiary/aromatic N) is 3. The number of hydrogen-bond acceptors (Lipinski definition) is 8. The summed E-state index contributed by atoms with van der Waals surface area (Å²) in [7, 11) is -2.97. The monoisotopic (exact) mass is 496 g/mol. The van der Waals surface area contributed by atoms with Gasteiger partial charge in [0.15, 0.2) is 5.75 Å². The second-order valence-corrected chi connectivity index (χ2v) is 11.4. The van der Waals surface area contributed by atoms with E-state index in [0.29, 0.717) is 11.2 Å². The Kier molecular flexibility index (Phi) is 6.13. The van der Waals surface area contributed by atoms with Gasteiger partial charge in [-0.05, 0) is 37.3 Å². The molecule has 1 amide bonds. The van der Waals surface area contributed by atoms with Gasteiger partial charge in [-0.1, -0.05) is 32.9 Å². The van der Waals surface area contributed by atoms with E-state index in [2.05, 4.69) is 19.7 Å². The Hall–Kier alpha value is -3.37. The minimum absolute atomic E-state index is 0.0337. The van der Waals surface area contributed by atoms with E-state index in [0.717, 1.165) is 21.7 Å². The van der Waals surface area contributed by atoms with E-state index in [1.165, 1.54) is 19.2 Å². The van der Waals surface area contributed by atoms with Crippen molar-refractivity contribution in [2.24, 2.45) is 0 Å². The molecule has 0 unspecified atom stereocenters. The molecule has 0 saturated carbocycles. The molecule has 1 aromatic carbocycles. The lowest BCUT2D eigenvalue weighted by atomic mass is 9.92. The molecular weight excluding hydrogens is 472 g/mol. The fourth-order valence-electron chi connectivity index (χ4n) is 3.41. The molecule has 0 aliphatic heterocycles. The number of nitrogens with one attached hydrogen (secondary N) is 1. The zero-order chi connectivity index (χ0) is 24.7. The Morgan fingerprint density at radius 3 is 2.44 bits per heavy atom. The molecule has 3 aromatic heterocycles. The summed E-state index contributed by atoms with van der Waals surface area (Å²) >= 11 is 1.55. The van der Waals surface area contributed by atoms with Crippen LogP contribution in [0.3, 0.4) is 0 Å². The van der Waals surface area contributed by atoms with Crippen molar-refractivity contribution < 1.29 is 17.9 Å². The molecule has 4 aromatic rings. The summed E-state index contributed by atoms with van der Waals surface area (Å²) in [5.74, 6) is -0.815. The van der Waals surface area contributed by atoms with Gasteiger partial charge >= 0.3 is 0 Å². The van der Waals surface area contributed by atoms with Crippen LogP contribution in [-0.4, -0.2) is 36.4 Å². The smallest absolute Gasteiger partial charge is 0.285 e. The third-order valence-electron chi connectivity index (χ3n) is 5.15. The standard InChI is InChI=1S/C24H24N4O4S2/c1-14-25-19(13-33-14)15-7-6-8-17-16(15)9-10-18(26-17)22(29)28-34(30,31)23-20(32-5)11-12-21(27-23)24(2,3)4/h6-13H,1-5H3,(H,28,29). The molecule has 0 aliphatic rings. The van der Waals surface area contributed by atoms with Crippen molar-refractivity contribution in [1.82, 2.24) is 19.7 Å². The van der Waals surface area contributed by atoms with Crippen LogP contribution in [0.2, 0.25) is 0 Å². The fraction of sp³-hybridized carbons (Fsp3) is 0.250. The van der Waals surface area contributed by atoms with Crippen LogP contribution in [0, 0.1) is 6.92 Å². The van der Waals surface area contributed by atoms with E-state index in [1.54, 1.807) is 29.5 Å². The molecule has 0 atom stereocenters. The maximum atomic E-state index is 13.1. The third-order valence-corrected chi connectivity index (χ3v) is 7.18. The van der Waals surface area contributed by atoms with Gasteiger partial charge in [0.2, 0.25) is 5.03 Å². The fourth-order valence-corrected chi connectivity index (χ4v) is 5.10. The zero-order valence-electron chi connectivity index (χ0n) is 19.4. The highest BCUT2D eigenvalue weighted by Gasteiger charge is 2.28. The first-order valence-corrected chi connectivity index (χ1v) is 12.8. The SMILES string of the molecule is COc1ccc(C(C)(C)C)nc1S(=O)(=O)NC(=O)c1ccc2c(-c3csc(C)n3)cccc2n1. The second kappa shape index (κ2) is 8.77. The zero-order valence-corrected chi connectivity index (χ0v) is 21.0. The summed E-state index contributed by atoms with van der Waals surface area (Å²) in [6.07, 6.45) is 0. The molecule has 0 aliphatic carbocycles. The number of carbonyl (C=O) groups excluding carboxylic acids is 1. The van der Waals surface area contributed by atoms with Crippen molar-refractivity contribution in [3.05, 3.63) is 64.2 Å². The Balaban J connectivity index is 1.68. The minimum Gasteiger partial charge on any atom is -0.494 e. The van der Waals surface area contributed by atoms with Crippen LogP contribution in [0.4, 0.5) is 0 Å². The lowest BCUT2D eigenvalue weighted by Crippen LogP contribution is -2.32. The van der Waals surface area contributed by atoms with E-state index in [1.807, 2.05) is 45.2 Å². The summed E-state index contributed by atoms with van der Waals surface area (Å²) in [6.45, 7) is 7.67. The highest BCUT2D eigenvalue weighted by atomic mass is 32.2. The molecule has 4 rings (SSSR count). The Morgan fingerprint density at radius 2 is 1.79 bits per heavy atom. The maximum Gasteiger partial charge on any atom is 0.285 e. The number of sulfonamides is 1. The van der Waals surface area contributed by atoms with Crippen molar-refractivity contribution >= 4 is 38.2 Å². The predicted octanol–water partition coefficient (Wildman–Crippen LogP) is 4.49. The minimum atomic E-state index is -4.32. The number of thiazole rings is 1. The van der Waals surface area contributed by atoms with E-state index in [-0.39, 0.29) is 16.5 Å². The van der Waals surface area contributed by atoms with Gasteiger partial charge in [0.25, 0.3) is 15.9 Å². The average molecular weight is 497 g/mol. The summed E-state index contributed by atoms with van der Waals surface area (Å²) in [6, 6.07) is 12.0. The average Bonchev–Trinajstić information content (AvgIpc) is 3.23. The normalized spacial score (nSPS) is 12.0. The second-order valence-electron chi connectivity index (χ2n) is 8.71. The highest BCUT2D eigenvalue weighted by molar-refractivity contribution is 7.90. The number of amides is 1. The number of carbonyl (C=O) groups is 1. The molecule has 0 radical (unpaired) electrons. The van der Waals surface area contributed by atoms with E-state index in [9.17, 15) is 13.2 Å². The molecule has 8 nitrogen and oxygen atoms in total. The molecule has 3 heterocycles. The first-order chi connectivity index (χ1) is 16.0. The lowest BCUT2D eigenvalue weighted by Gasteiger charge is -2.19. The number of fused-ring (bicyclic) bond motifs is 1. The molecule has 34 heavy (non-hydrogen) atoms. The Morgan fingerprint density at radius 1 is 1.03 bits per heavy atom. The number of methoxy groups -OCH3 is 1. The van der Waals surface area contributed by atoms with Crippen LogP contribution in [0.15, 0.2) is 52.9 Å². The lowest BCUT2D eigenvalue weighted by molar-refractivity contribution is 0.0977. The van der Waals surface area contributed by atoms with Gasteiger partial charge in [-0.2, -0.15) is 8.42 Å². The van der Waals surface area contributed by atoms with Gasteiger partial charge in [-0.3, -0.25) is 4.79 Å². The van der Waals surface area contributed by atoms with Gasteiger partial charge < -0.3 is 4.74 Å². The van der Waals surface area contributed by atoms with Crippen LogP contribution >= 0.6 is 11.3 Å². The van der Waals surface area contributed by atoms with Gasteiger partial charge in [0.05, 0.1) is 23.3 Å². The number of pyridine rings is 2. The molecule has 10 heteroatoms. The van der Waals surface area contributed by atoms with Crippen molar-refractivity contribution in [3.8, 4) is 17.0 Å². The van der Waals surface area contributed by atoms with Crippen molar-refractivity contribution in [2.75, 3.05) is 7.11 Å². The molecular formula is C24H24N4O4S2. The molecule has 0 spiro atoms. The third kappa shape index (κ3) is 4.64. The van der Waals surface area contributed by atoms with Crippen LogP contribution in [0.1, 0.15) is 42.0 Å². The number of hydrogen-bond donors (Lipinski definition) is 1. The Labute approximate surface area is 202 Å². The molecule has 0 saturated heterocycles. The van der Waals surface area contributed by atoms with Crippen LogP contribution in [-0.2, 0) is 15.4 Å². The molecule has 0 bridgehead atoms. The largest absolute Gasteiger partial charge is 0.494 e. The summed E-state index contributed by atoms with van der Waals surface area (Å²) in [4.78, 5) is 26.1. The first-order valence-electron chi connectivity index (χ1n) is 10.4. The quantitative estimate of drug-likeness (QED) is 0.433. The Bertz CT molecular complexity index is 1510. The van der Waals surface area contributed by atoms with Crippen molar-refractivity contribution in [1.29, 1.82) is 0 Å². The van der Waals surface area contributed by atoms with Crippen LogP contribution < -0.4 is 9.46 Å².